The molecule has 1 unspecified atom stereocenters. The summed E-state index contributed by atoms with van der Waals surface area (Å²) in [5.74, 6) is 0.0709. The first-order chi connectivity index (χ1) is 12.2. The maximum Gasteiger partial charge on any atom is 0.348 e. The molecule has 1 saturated carbocycles. The van der Waals surface area contributed by atoms with Gasteiger partial charge in [0, 0.05) is 0 Å². The van der Waals surface area contributed by atoms with Crippen molar-refractivity contribution in [3.05, 3.63) is 60.2 Å². The van der Waals surface area contributed by atoms with E-state index < -0.39 is 17.5 Å². The Hall–Kier alpha value is -2.82. The van der Waals surface area contributed by atoms with Crippen LogP contribution in [0.15, 0.2) is 54.6 Å². The molecule has 0 N–H and O–H groups in total. The third-order valence-corrected chi connectivity index (χ3v) is 4.97. The topological polar surface area (TPSA) is 55.8 Å². The van der Waals surface area contributed by atoms with Crippen LogP contribution in [0.25, 0.3) is 0 Å². The number of anilines is 1. The summed E-state index contributed by atoms with van der Waals surface area (Å²) in [5, 5.41) is 0. The molecule has 5 heteroatoms. The summed E-state index contributed by atoms with van der Waals surface area (Å²) in [5.41, 5.74) is 1.24. The van der Waals surface area contributed by atoms with Gasteiger partial charge in [-0.3, -0.25) is 4.79 Å². The fraction of sp³-hybridized carbons (Fsp3) is 0.300. The molecule has 1 fully saturated rings. The Morgan fingerprint density at radius 3 is 2.44 bits per heavy atom. The average molecular weight is 337 g/mol. The van der Waals surface area contributed by atoms with Gasteiger partial charge in [0.05, 0.1) is 24.8 Å². The first-order valence-electron chi connectivity index (χ1n) is 8.37. The van der Waals surface area contributed by atoms with Gasteiger partial charge >= 0.3 is 5.97 Å². The molecule has 0 radical (unpaired) electrons. The van der Waals surface area contributed by atoms with Gasteiger partial charge in [-0.05, 0) is 30.5 Å². The normalized spacial score (nSPS) is 20.2. The second-order valence-corrected chi connectivity index (χ2v) is 6.46. The van der Waals surface area contributed by atoms with Crippen molar-refractivity contribution in [2.45, 2.75) is 24.4 Å². The van der Waals surface area contributed by atoms with Crippen LogP contribution in [-0.4, -0.2) is 31.6 Å². The van der Waals surface area contributed by atoms with E-state index in [4.69, 9.17) is 9.47 Å². The molecule has 0 spiro atoms. The third-order valence-electron chi connectivity index (χ3n) is 4.97. The first kappa shape index (κ1) is 15.7. The summed E-state index contributed by atoms with van der Waals surface area (Å²) in [6.45, 7) is 0.164. The minimum absolute atomic E-state index is 0.0170. The molecule has 1 aliphatic heterocycles. The average Bonchev–Trinajstić information content (AvgIpc) is 3.48. The fourth-order valence-electron chi connectivity index (χ4n) is 3.45. The Balaban J connectivity index is 1.71. The number of para-hydroxylation sites is 2. The van der Waals surface area contributed by atoms with Crippen molar-refractivity contribution in [3.63, 3.8) is 0 Å². The monoisotopic (exact) mass is 337 g/mol. The molecule has 0 bridgehead atoms. The zero-order chi connectivity index (χ0) is 17.4. The van der Waals surface area contributed by atoms with Crippen molar-refractivity contribution in [1.29, 1.82) is 0 Å². The lowest BCUT2D eigenvalue weighted by atomic mass is 9.93. The second kappa shape index (κ2) is 5.92. The number of hydrogen-bond donors (Lipinski definition) is 0. The molecule has 2 aliphatic rings. The van der Waals surface area contributed by atoms with Gasteiger partial charge < -0.3 is 14.4 Å². The van der Waals surface area contributed by atoms with Crippen molar-refractivity contribution < 1.29 is 19.1 Å². The number of rotatable bonds is 3. The number of fused-ring (bicyclic) bond motifs is 1. The van der Waals surface area contributed by atoms with E-state index in [1.165, 1.54) is 7.11 Å². The summed E-state index contributed by atoms with van der Waals surface area (Å²) >= 11 is 0. The summed E-state index contributed by atoms with van der Waals surface area (Å²) < 4.78 is 10.6. The Morgan fingerprint density at radius 1 is 1.08 bits per heavy atom. The molecule has 5 nitrogen and oxygen atoms in total. The van der Waals surface area contributed by atoms with E-state index >= 15 is 0 Å². The van der Waals surface area contributed by atoms with Crippen molar-refractivity contribution in [2.75, 3.05) is 18.6 Å². The highest BCUT2D eigenvalue weighted by atomic mass is 16.6. The zero-order valence-electron chi connectivity index (χ0n) is 14.0. The number of benzene rings is 2. The van der Waals surface area contributed by atoms with Crippen LogP contribution < -0.4 is 9.64 Å². The zero-order valence-corrected chi connectivity index (χ0v) is 14.0. The maximum absolute atomic E-state index is 13.4. The van der Waals surface area contributed by atoms with E-state index in [0.29, 0.717) is 11.4 Å². The van der Waals surface area contributed by atoms with Gasteiger partial charge in [0.2, 0.25) is 12.0 Å². The molecular weight excluding hydrogens is 318 g/mol. The minimum atomic E-state index is -0.810. The van der Waals surface area contributed by atoms with Crippen LogP contribution >= 0.6 is 0 Å². The number of hydrogen-bond acceptors (Lipinski definition) is 4. The Labute approximate surface area is 146 Å². The minimum Gasteiger partial charge on any atom is -0.475 e. The molecular formula is C20H19NO4. The molecule has 0 aromatic heterocycles. The lowest BCUT2D eigenvalue weighted by Gasteiger charge is -2.35. The van der Waals surface area contributed by atoms with Crippen molar-refractivity contribution >= 4 is 17.6 Å². The van der Waals surface area contributed by atoms with Crippen LogP contribution in [0, 0.1) is 0 Å². The number of esters is 1. The highest BCUT2D eigenvalue weighted by molar-refractivity contribution is 6.05. The molecule has 128 valence electrons. The van der Waals surface area contributed by atoms with Crippen LogP contribution in [0.4, 0.5) is 5.69 Å². The largest absolute Gasteiger partial charge is 0.475 e. The van der Waals surface area contributed by atoms with Crippen LogP contribution in [0.5, 0.6) is 5.75 Å². The number of ether oxygens (including phenoxy) is 2. The predicted molar refractivity (Wildman–Crippen MR) is 92.6 cm³/mol. The summed E-state index contributed by atoms with van der Waals surface area (Å²) in [6, 6.07) is 17.1. The molecule has 1 atom stereocenters. The van der Waals surface area contributed by atoms with Crippen LogP contribution in [-0.2, 0) is 19.7 Å². The molecule has 1 amide bonds. The SMILES string of the molecule is COC(=O)C1CN(C(=O)C2(c3ccccc3)CC2)c2ccccc2O1. The fourth-order valence-corrected chi connectivity index (χ4v) is 3.45. The Kier molecular flexibility index (Phi) is 3.71. The summed E-state index contributed by atoms with van der Waals surface area (Å²) in [6.07, 6.45) is 0.826. The summed E-state index contributed by atoms with van der Waals surface area (Å²) in [7, 11) is 1.32. The van der Waals surface area contributed by atoms with Gasteiger partial charge in [0.25, 0.3) is 0 Å². The predicted octanol–water partition coefficient (Wildman–Crippen LogP) is 2.69. The van der Waals surface area contributed by atoms with E-state index in [0.717, 1.165) is 18.4 Å². The highest BCUT2D eigenvalue weighted by Gasteiger charge is 2.54. The number of carbonyl (C=O) groups is 2. The lowest BCUT2D eigenvalue weighted by Crippen LogP contribution is -2.50. The molecule has 2 aromatic carbocycles. The van der Waals surface area contributed by atoms with Crippen LogP contribution in [0.1, 0.15) is 18.4 Å². The van der Waals surface area contributed by atoms with Gasteiger partial charge in [-0.1, -0.05) is 42.5 Å². The maximum atomic E-state index is 13.4. The van der Waals surface area contributed by atoms with Gasteiger partial charge in [-0.2, -0.15) is 0 Å². The molecule has 2 aromatic rings. The molecule has 1 heterocycles. The first-order valence-corrected chi connectivity index (χ1v) is 8.37. The Bertz CT molecular complexity index is 813. The number of nitrogens with zero attached hydrogens (tertiary/aromatic N) is 1. The highest BCUT2D eigenvalue weighted by Crippen LogP contribution is 2.51. The van der Waals surface area contributed by atoms with E-state index in [1.54, 1.807) is 11.0 Å². The van der Waals surface area contributed by atoms with E-state index in [-0.39, 0.29) is 12.5 Å². The quantitative estimate of drug-likeness (QED) is 0.808. The van der Waals surface area contributed by atoms with Crippen LogP contribution in [0.2, 0.25) is 0 Å². The second-order valence-electron chi connectivity index (χ2n) is 6.46. The van der Waals surface area contributed by atoms with Gasteiger partial charge in [-0.25, -0.2) is 4.79 Å². The summed E-state index contributed by atoms with van der Waals surface area (Å²) in [4.78, 5) is 27.1. The van der Waals surface area contributed by atoms with Crippen molar-refractivity contribution in [3.8, 4) is 5.75 Å². The smallest absolute Gasteiger partial charge is 0.348 e. The van der Waals surface area contributed by atoms with Crippen molar-refractivity contribution in [1.82, 2.24) is 0 Å². The van der Waals surface area contributed by atoms with E-state index in [9.17, 15) is 9.59 Å². The van der Waals surface area contributed by atoms with E-state index in [2.05, 4.69) is 0 Å². The lowest BCUT2D eigenvalue weighted by molar-refractivity contribution is -0.148. The van der Waals surface area contributed by atoms with Gasteiger partial charge in [0.15, 0.2) is 0 Å². The van der Waals surface area contributed by atoms with Crippen molar-refractivity contribution in [2.24, 2.45) is 0 Å². The molecule has 0 saturated heterocycles. The standard InChI is InChI=1S/C20H19NO4/c1-24-18(22)17-13-21(15-9-5-6-10-16(15)25-17)19(23)20(11-12-20)14-7-3-2-4-8-14/h2-10,17H,11-13H2,1H3. The van der Waals surface area contributed by atoms with E-state index in [1.807, 2.05) is 48.5 Å². The van der Waals surface area contributed by atoms with Gasteiger partial charge in [0.1, 0.15) is 5.75 Å². The van der Waals surface area contributed by atoms with Crippen LogP contribution in [0.3, 0.4) is 0 Å². The number of methoxy groups -OCH3 is 1. The number of amides is 1. The van der Waals surface area contributed by atoms with Gasteiger partial charge in [-0.15, -0.1) is 0 Å². The molecule has 25 heavy (non-hydrogen) atoms. The number of carbonyl (C=O) groups excluding carboxylic acids is 2. The molecule has 4 rings (SSSR count). The molecule has 1 aliphatic carbocycles. The third kappa shape index (κ3) is 2.56. The Morgan fingerprint density at radius 2 is 1.76 bits per heavy atom.